The third-order valence-corrected chi connectivity index (χ3v) is 5.28. The minimum Gasteiger partial charge on any atom is -0.345 e. The number of rotatable bonds is 4. The van der Waals surface area contributed by atoms with Crippen LogP contribution in [0, 0.1) is 17.2 Å². The lowest BCUT2D eigenvalue weighted by atomic mass is 9.80. The van der Waals surface area contributed by atoms with Crippen LogP contribution in [0.4, 0.5) is 4.39 Å². The van der Waals surface area contributed by atoms with Gasteiger partial charge in [0.05, 0.1) is 18.4 Å². The highest BCUT2D eigenvalue weighted by atomic mass is 19.1. The van der Waals surface area contributed by atoms with E-state index in [2.05, 4.69) is 32.7 Å². The maximum atomic E-state index is 13.4. The maximum absolute atomic E-state index is 13.4. The van der Waals surface area contributed by atoms with Gasteiger partial charge in [-0.1, -0.05) is 27.7 Å². The molecule has 0 radical (unpaired) electrons. The van der Waals surface area contributed by atoms with Crippen LogP contribution in [0.5, 0.6) is 0 Å². The van der Waals surface area contributed by atoms with Gasteiger partial charge in [-0.2, -0.15) is 0 Å². The van der Waals surface area contributed by atoms with Gasteiger partial charge in [0.15, 0.2) is 5.82 Å². The summed E-state index contributed by atoms with van der Waals surface area (Å²) in [6.45, 7) is 9.22. The molecule has 29 heavy (non-hydrogen) atoms. The molecule has 2 aromatic heterocycles. The van der Waals surface area contributed by atoms with Crippen molar-refractivity contribution >= 4 is 0 Å². The van der Waals surface area contributed by atoms with E-state index in [1.807, 2.05) is 22.9 Å². The Balaban J connectivity index is 1.76. The molecule has 152 valence electrons. The van der Waals surface area contributed by atoms with Gasteiger partial charge in [-0.15, -0.1) is 0 Å². The first-order valence-electron chi connectivity index (χ1n) is 9.88. The molecule has 0 N–H and O–H groups in total. The molecule has 1 aromatic carbocycles. The van der Waals surface area contributed by atoms with Gasteiger partial charge in [0.25, 0.3) is 0 Å². The van der Waals surface area contributed by atoms with Gasteiger partial charge in [-0.25, -0.2) is 9.37 Å². The van der Waals surface area contributed by atoms with Crippen molar-refractivity contribution in [1.82, 2.24) is 14.5 Å². The molecule has 1 aliphatic heterocycles. The van der Waals surface area contributed by atoms with Crippen LogP contribution in [-0.4, -0.2) is 27.2 Å². The molecule has 1 fully saturated rings. The summed E-state index contributed by atoms with van der Waals surface area (Å²) in [5.41, 5.74) is 2.39. The number of nitrogens with zero attached hydrogens (tertiary/aromatic N) is 3. The second-order valence-electron chi connectivity index (χ2n) is 8.50. The Morgan fingerprint density at radius 1 is 1.10 bits per heavy atom. The Bertz CT molecular complexity index is 968. The third kappa shape index (κ3) is 3.95. The van der Waals surface area contributed by atoms with Crippen molar-refractivity contribution in [1.29, 1.82) is 0 Å². The first-order chi connectivity index (χ1) is 13.8. The van der Waals surface area contributed by atoms with E-state index in [1.54, 1.807) is 24.5 Å². The summed E-state index contributed by atoms with van der Waals surface area (Å²) in [6, 6.07) is 10.1. The topological polar surface area (TPSA) is 49.2 Å². The Morgan fingerprint density at radius 2 is 1.79 bits per heavy atom. The number of ether oxygens (including phenoxy) is 2. The van der Waals surface area contributed by atoms with Crippen LogP contribution >= 0.6 is 0 Å². The van der Waals surface area contributed by atoms with Crippen molar-refractivity contribution in [3.63, 3.8) is 0 Å². The number of hydrogen-bond donors (Lipinski definition) is 0. The number of benzene rings is 1. The summed E-state index contributed by atoms with van der Waals surface area (Å²) >= 11 is 0. The summed E-state index contributed by atoms with van der Waals surface area (Å²) in [5.74, 6) is 0.734. The molecule has 1 saturated heterocycles. The summed E-state index contributed by atoms with van der Waals surface area (Å²) in [7, 11) is 0. The fourth-order valence-electron chi connectivity index (χ4n) is 3.96. The van der Waals surface area contributed by atoms with Gasteiger partial charge in [0.1, 0.15) is 5.82 Å². The van der Waals surface area contributed by atoms with Crippen molar-refractivity contribution in [3.8, 4) is 16.9 Å². The van der Waals surface area contributed by atoms with Crippen LogP contribution in [0.3, 0.4) is 0 Å². The number of aromatic nitrogens is 3. The minimum absolute atomic E-state index is 0.0399. The smallest absolute Gasteiger partial charge is 0.218 e. The minimum atomic E-state index is -0.585. The van der Waals surface area contributed by atoms with Gasteiger partial charge >= 0.3 is 0 Å². The van der Waals surface area contributed by atoms with E-state index in [-0.39, 0.29) is 17.3 Å². The highest BCUT2D eigenvalue weighted by molar-refractivity contribution is 5.59. The molecule has 0 saturated carbocycles. The van der Waals surface area contributed by atoms with Crippen LogP contribution in [-0.2, 0) is 9.47 Å². The summed E-state index contributed by atoms with van der Waals surface area (Å²) < 4.78 is 27.8. The Labute approximate surface area is 170 Å². The van der Waals surface area contributed by atoms with Crippen LogP contribution in [0.25, 0.3) is 16.9 Å². The molecule has 6 heteroatoms. The lowest BCUT2D eigenvalue weighted by molar-refractivity contribution is -0.277. The highest BCUT2D eigenvalue weighted by Crippen LogP contribution is 2.40. The maximum Gasteiger partial charge on any atom is 0.218 e. The zero-order chi connectivity index (χ0) is 20.6. The zero-order valence-corrected chi connectivity index (χ0v) is 17.2. The number of pyridine rings is 1. The molecule has 0 aliphatic carbocycles. The van der Waals surface area contributed by atoms with E-state index in [0.29, 0.717) is 18.3 Å². The first-order valence-corrected chi connectivity index (χ1v) is 9.88. The fraction of sp³-hybridized carbons (Fsp3) is 0.391. The second kappa shape index (κ2) is 7.69. The molecule has 4 rings (SSSR count). The van der Waals surface area contributed by atoms with Crippen molar-refractivity contribution in [3.05, 3.63) is 66.6 Å². The van der Waals surface area contributed by atoms with Crippen molar-refractivity contribution in [2.45, 2.75) is 40.1 Å². The standard InChI is InChI=1S/C23H26FN3O2/c1-15(2)20-23(3,4)14-28-22(29-20)21-26-19(16-5-7-17(24)8-6-16)13-27(21)18-9-11-25-12-10-18/h5-13,15,20,22H,14H2,1-4H3. The highest BCUT2D eigenvalue weighted by Gasteiger charge is 2.41. The normalized spacial score (nSPS) is 21.4. The van der Waals surface area contributed by atoms with Gasteiger partial charge in [0.2, 0.25) is 6.29 Å². The number of hydrogen-bond acceptors (Lipinski definition) is 4. The van der Waals surface area contributed by atoms with Gasteiger partial charge in [-0.3, -0.25) is 9.55 Å². The van der Waals surface area contributed by atoms with Crippen LogP contribution in [0.15, 0.2) is 55.0 Å². The molecule has 2 unspecified atom stereocenters. The molecular formula is C23H26FN3O2. The van der Waals surface area contributed by atoms with Gasteiger partial charge < -0.3 is 9.47 Å². The van der Waals surface area contributed by atoms with Crippen molar-refractivity contribution in [2.75, 3.05) is 6.61 Å². The molecule has 3 heterocycles. The Hall–Kier alpha value is -2.57. The van der Waals surface area contributed by atoms with Crippen molar-refractivity contribution < 1.29 is 13.9 Å². The van der Waals surface area contributed by atoms with Crippen LogP contribution in [0.2, 0.25) is 0 Å². The Kier molecular flexibility index (Phi) is 5.23. The van der Waals surface area contributed by atoms with Gasteiger partial charge in [-0.05, 0) is 42.3 Å². The molecule has 0 amide bonds. The molecule has 0 spiro atoms. The average molecular weight is 395 g/mol. The van der Waals surface area contributed by atoms with E-state index >= 15 is 0 Å². The van der Waals surface area contributed by atoms with Crippen LogP contribution in [0.1, 0.15) is 39.8 Å². The van der Waals surface area contributed by atoms with Crippen LogP contribution < -0.4 is 0 Å². The summed E-state index contributed by atoms with van der Waals surface area (Å²) in [5, 5.41) is 0. The molecule has 1 aliphatic rings. The van der Waals surface area contributed by atoms with E-state index in [9.17, 15) is 4.39 Å². The predicted molar refractivity (Wildman–Crippen MR) is 109 cm³/mol. The largest absolute Gasteiger partial charge is 0.345 e. The molecule has 5 nitrogen and oxygen atoms in total. The monoisotopic (exact) mass is 395 g/mol. The molecule has 3 aromatic rings. The summed E-state index contributed by atoms with van der Waals surface area (Å²) in [6.07, 6.45) is 4.85. The summed E-state index contributed by atoms with van der Waals surface area (Å²) in [4.78, 5) is 8.93. The van der Waals surface area contributed by atoms with Gasteiger partial charge in [0, 0.05) is 35.3 Å². The first kappa shape index (κ1) is 19.7. The fourth-order valence-corrected chi connectivity index (χ4v) is 3.96. The molecule has 2 atom stereocenters. The zero-order valence-electron chi connectivity index (χ0n) is 17.2. The lowest BCUT2D eigenvalue weighted by Crippen LogP contribution is -2.46. The van der Waals surface area contributed by atoms with E-state index in [0.717, 1.165) is 16.9 Å². The Morgan fingerprint density at radius 3 is 2.45 bits per heavy atom. The second-order valence-corrected chi connectivity index (χ2v) is 8.50. The third-order valence-electron chi connectivity index (χ3n) is 5.28. The van der Waals surface area contributed by atoms with E-state index < -0.39 is 6.29 Å². The van der Waals surface area contributed by atoms with E-state index in [1.165, 1.54) is 12.1 Å². The quantitative estimate of drug-likeness (QED) is 0.612. The number of halogens is 1. The molecular weight excluding hydrogens is 369 g/mol. The number of imidazole rings is 1. The van der Waals surface area contributed by atoms with Crippen molar-refractivity contribution in [2.24, 2.45) is 11.3 Å². The predicted octanol–water partition coefficient (Wildman–Crippen LogP) is 5.17. The van der Waals surface area contributed by atoms with E-state index in [4.69, 9.17) is 14.5 Å². The average Bonchev–Trinajstić information content (AvgIpc) is 3.14. The molecule has 0 bridgehead atoms. The lowest BCUT2D eigenvalue weighted by Gasteiger charge is -2.43. The SMILES string of the molecule is CC(C)C1OC(c2nc(-c3ccc(F)cc3)cn2-c2ccncc2)OCC1(C)C.